The predicted octanol–water partition coefficient (Wildman–Crippen LogP) is 4.25. The zero-order valence-electron chi connectivity index (χ0n) is 15.2. The van der Waals surface area contributed by atoms with E-state index in [9.17, 15) is 9.59 Å². The summed E-state index contributed by atoms with van der Waals surface area (Å²) >= 11 is 4.26. The Morgan fingerprint density at radius 1 is 1.14 bits per heavy atom. The fourth-order valence-electron chi connectivity index (χ4n) is 3.04. The van der Waals surface area contributed by atoms with Gasteiger partial charge in [-0.25, -0.2) is 9.97 Å². The molecule has 1 aromatic carbocycles. The molecule has 0 aliphatic heterocycles. The molecule has 0 saturated heterocycles. The van der Waals surface area contributed by atoms with Crippen LogP contribution in [0, 0.1) is 0 Å². The van der Waals surface area contributed by atoms with Crippen LogP contribution in [-0.4, -0.2) is 19.5 Å². The van der Waals surface area contributed by atoms with Crippen LogP contribution in [0.5, 0.6) is 0 Å². The molecule has 1 N–H and O–H groups in total. The van der Waals surface area contributed by atoms with Gasteiger partial charge in [-0.05, 0) is 23.1 Å². The number of nitrogens with zero attached hydrogens (tertiary/aromatic N) is 3. The van der Waals surface area contributed by atoms with Gasteiger partial charge in [0.2, 0.25) is 0 Å². The van der Waals surface area contributed by atoms with Gasteiger partial charge in [0, 0.05) is 11.9 Å². The van der Waals surface area contributed by atoms with E-state index in [4.69, 9.17) is 4.98 Å². The lowest BCUT2D eigenvalue weighted by Gasteiger charge is -2.06. The number of rotatable bonds is 4. The zero-order chi connectivity index (χ0) is 20.0. The lowest BCUT2D eigenvalue weighted by molar-refractivity contribution is 0.727. The lowest BCUT2D eigenvalue weighted by Crippen LogP contribution is -2.19. The Labute approximate surface area is 176 Å². The highest BCUT2D eigenvalue weighted by molar-refractivity contribution is 7.98. The van der Waals surface area contributed by atoms with Gasteiger partial charge in [0.05, 0.1) is 16.7 Å². The van der Waals surface area contributed by atoms with Gasteiger partial charge in [0.15, 0.2) is 5.16 Å². The summed E-state index contributed by atoms with van der Waals surface area (Å²) in [6.07, 6.45) is 0. The molecule has 4 heterocycles. The van der Waals surface area contributed by atoms with E-state index in [0.29, 0.717) is 37.2 Å². The summed E-state index contributed by atoms with van der Waals surface area (Å²) in [6, 6.07) is 13.7. The SMILES string of the molecule is Cn1c(SCc2nc3ccsc3c(=O)[nH]2)nc2sc(-c3ccccc3)cc2c1=O. The third kappa shape index (κ3) is 3.31. The van der Waals surface area contributed by atoms with Crippen LogP contribution in [0.1, 0.15) is 5.82 Å². The molecule has 0 amide bonds. The molecule has 0 aliphatic carbocycles. The van der Waals surface area contributed by atoms with Crippen molar-refractivity contribution in [2.45, 2.75) is 10.9 Å². The van der Waals surface area contributed by atoms with E-state index in [1.54, 1.807) is 11.6 Å². The van der Waals surface area contributed by atoms with Crippen LogP contribution < -0.4 is 11.1 Å². The molecule has 5 rings (SSSR count). The van der Waals surface area contributed by atoms with Crippen molar-refractivity contribution in [3.8, 4) is 10.4 Å². The molecule has 0 atom stereocenters. The minimum absolute atomic E-state index is 0.0781. The van der Waals surface area contributed by atoms with Crippen molar-refractivity contribution in [2.24, 2.45) is 7.05 Å². The van der Waals surface area contributed by atoms with Gasteiger partial charge in [-0.3, -0.25) is 14.2 Å². The summed E-state index contributed by atoms with van der Waals surface area (Å²) in [7, 11) is 1.72. The summed E-state index contributed by atoms with van der Waals surface area (Å²) in [5.41, 5.74) is 1.55. The topological polar surface area (TPSA) is 80.6 Å². The normalized spacial score (nSPS) is 11.5. The summed E-state index contributed by atoms with van der Waals surface area (Å²) < 4.78 is 2.17. The Hall–Kier alpha value is -2.75. The number of aromatic nitrogens is 4. The lowest BCUT2D eigenvalue weighted by atomic mass is 10.2. The first kappa shape index (κ1) is 18.3. The summed E-state index contributed by atoms with van der Waals surface area (Å²) in [6.45, 7) is 0. The molecule has 0 fully saturated rings. The molecule has 0 unspecified atom stereocenters. The fourth-order valence-corrected chi connectivity index (χ4v) is 5.69. The third-order valence-electron chi connectivity index (χ3n) is 4.49. The highest BCUT2D eigenvalue weighted by Crippen LogP contribution is 2.32. The van der Waals surface area contributed by atoms with Crippen molar-refractivity contribution in [1.29, 1.82) is 0 Å². The van der Waals surface area contributed by atoms with Crippen molar-refractivity contribution in [2.75, 3.05) is 0 Å². The number of hydrogen-bond donors (Lipinski definition) is 1. The number of H-pyrrole nitrogens is 1. The van der Waals surface area contributed by atoms with E-state index >= 15 is 0 Å². The first-order chi connectivity index (χ1) is 14.1. The Balaban J connectivity index is 1.50. The van der Waals surface area contributed by atoms with Gasteiger partial charge < -0.3 is 4.98 Å². The van der Waals surface area contributed by atoms with E-state index < -0.39 is 0 Å². The second-order valence-corrected chi connectivity index (χ2v) is 9.28. The van der Waals surface area contributed by atoms with Crippen LogP contribution in [0.25, 0.3) is 30.9 Å². The average Bonchev–Trinajstić information content (AvgIpc) is 3.38. The number of hydrogen-bond acceptors (Lipinski definition) is 7. The molecule has 144 valence electrons. The predicted molar refractivity (Wildman–Crippen MR) is 120 cm³/mol. The van der Waals surface area contributed by atoms with E-state index in [1.807, 2.05) is 47.8 Å². The molecule has 4 aromatic heterocycles. The maximum atomic E-state index is 12.8. The Morgan fingerprint density at radius 3 is 2.79 bits per heavy atom. The molecule has 0 aliphatic rings. The van der Waals surface area contributed by atoms with E-state index in [-0.39, 0.29) is 11.1 Å². The van der Waals surface area contributed by atoms with Gasteiger partial charge in [-0.2, -0.15) is 0 Å². The smallest absolute Gasteiger partial charge is 0.268 e. The van der Waals surface area contributed by atoms with E-state index in [2.05, 4.69) is 9.97 Å². The highest BCUT2D eigenvalue weighted by Gasteiger charge is 2.14. The Kier molecular flexibility index (Phi) is 4.57. The van der Waals surface area contributed by atoms with Crippen molar-refractivity contribution in [3.63, 3.8) is 0 Å². The number of nitrogens with one attached hydrogen (secondary N) is 1. The van der Waals surface area contributed by atoms with Crippen molar-refractivity contribution < 1.29 is 0 Å². The standard InChI is InChI=1S/C20H14N4O2S3/c1-24-19(26)12-9-14(11-5-3-2-4-6-11)29-18(12)23-20(24)28-10-15-21-13-7-8-27-16(13)17(25)22-15/h2-9H,10H2,1H3,(H,21,22,25). The molecule has 0 saturated carbocycles. The maximum Gasteiger partial charge on any atom is 0.268 e. The molecule has 6 nitrogen and oxygen atoms in total. The van der Waals surface area contributed by atoms with Gasteiger partial charge in [0.1, 0.15) is 15.4 Å². The van der Waals surface area contributed by atoms with Crippen LogP contribution in [0.4, 0.5) is 0 Å². The van der Waals surface area contributed by atoms with Crippen LogP contribution in [-0.2, 0) is 12.8 Å². The van der Waals surface area contributed by atoms with E-state index in [0.717, 1.165) is 10.4 Å². The van der Waals surface area contributed by atoms with E-state index in [1.165, 1.54) is 34.4 Å². The maximum absolute atomic E-state index is 12.8. The minimum atomic E-state index is -0.136. The summed E-state index contributed by atoms with van der Waals surface area (Å²) in [5, 5.41) is 3.06. The summed E-state index contributed by atoms with van der Waals surface area (Å²) in [5.74, 6) is 0.986. The number of thiophene rings is 2. The quantitative estimate of drug-likeness (QED) is 0.335. The second-order valence-electron chi connectivity index (χ2n) is 6.39. The van der Waals surface area contributed by atoms with Gasteiger partial charge in [0.25, 0.3) is 11.1 Å². The van der Waals surface area contributed by atoms with Crippen LogP contribution in [0.15, 0.2) is 62.6 Å². The fraction of sp³-hybridized carbons (Fsp3) is 0.100. The summed E-state index contributed by atoms with van der Waals surface area (Å²) in [4.78, 5) is 38.7. The monoisotopic (exact) mass is 438 g/mol. The number of thioether (sulfide) groups is 1. The highest BCUT2D eigenvalue weighted by atomic mass is 32.2. The second kappa shape index (κ2) is 7.25. The molecule has 5 aromatic rings. The molecule has 0 bridgehead atoms. The van der Waals surface area contributed by atoms with Crippen LogP contribution in [0.3, 0.4) is 0 Å². The molecule has 29 heavy (non-hydrogen) atoms. The van der Waals surface area contributed by atoms with Crippen molar-refractivity contribution >= 4 is 54.9 Å². The first-order valence-corrected chi connectivity index (χ1v) is 11.4. The van der Waals surface area contributed by atoms with Gasteiger partial charge in [-0.1, -0.05) is 42.1 Å². The Morgan fingerprint density at radius 2 is 1.97 bits per heavy atom. The van der Waals surface area contributed by atoms with Crippen molar-refractivity contribution in [1.82, 2.24) is 19.5 Å². The molecular formula is C20H14N4O2S3. The number of aromatic amines is 1. The molecule has 9 heteroatoms. The van der Waals surface area contributed by atoms with Crippen LogP contribution in [0.2, 0.25) is 0 Å². The third-order valence-corrected chi connectivity index (χ3v) is 7.51. The average molecular weight is 439 g/mol. The largest absolute Gasteiger partial charge is 0.309 e. The first-order valence-electron chi connectivity index (χ1n) is 8.75. The number of benzene rings is 1. The molecular weight excluding hydrogens is 424 g/mol. The zero-order valence-corrected chi connectivity index (χ0v) is 17.7. The van der Waals surface area contributed by atoms with Crippen molar-refractivity contribution in [3.05, 3.63) is 74.4 Å². The van der Waals surface area contributed by atoms with Gasteiger partial charge in [-0.15, -0.1) is 22.7 Å². The minimum Gasteiger partial charge on any atom is -0.309 e. The van der Waals surface area contributed by atoms with Gasteiger partial charge >= 0.3 is 0 Å². The Bertz CT molecular complexity index is 1460. The molecule has 0 spiro atoms. The van der Waals surface area contributed by atoms with Crippen LogP contribution >= 0.6 is 34.4 Å². The molecule has 0 radical (unpaired) electrons. The number of fused-ring (bicyclic) bond motifs is 2.